The summed E-state index contributed by atoms with van der Waals surface area (Å²) in [6, 6.07) is 2.40. The zero-order chi connectivity index (χ0) is 9.97. The SMILES string of the molecule is CCCc1nc2c(cc1CC)CCC2. The maximum Gasteiger partial charge on any atom is 0.0439 e. The monoisotopic (exact) mass is 189 g/mol. The van der Waals surface area contributed by atoms with E-state index in [1.165, 1.54) is 48.2 Å². The zero-order valence-electron chi connectivity index (χ0n) is 9.27. The molecule has 0 N–H and O–H groups in total. The van der Waals surface area contributed by atoms with E-state index in [9.17, 15) is 0 Å². The first-order valence-corrected chi connectivity index (χ1v) is 5.85. The van der Waals surface area contributed by atoms with Crippen molar-refractivity contribution in [2.75, 3.05) is 0 Å². The molecule has 0 unspecified atom stereocenters. The van der Waals surface area contributed by atoms with Crippen LogP contribution in [0.3, 0.4) is 0 Å². The molecule has 1 aliphatic rings. The van der Waals surface area contributed by atoms with Crippen molar-refractivity contribution < 1.29 is 0 Å². The third-order valence-electron chi connectivity index (χ3n) is 3.09. The molecule has 1 aliphatic carbocycles. The molecule has 1 nitrogen and oxygen atoms in total. The van der Waals surface area contributed by atoms with Crippen LogP contribution in [0.25, 0.3) is 0 Å². The Morgan fingerprint density at radius 3 is 2.86 bits per heavy atom. The Kier molecular flexibility index (Phi) is 2.85. The first-order valence-electron chi connectivity index (χ1n) is 5.85. The number of nitrogens with zero attached hydrogens (tertiary/aromatic N) is 1. The van der Waals surface area contributed by atoms with E-state index in [1.54, 1.807) is 0 Å². The van der Waals surface area contributed by atoms with E-state index in [4.69, 9.17) is 4.98 Å². The summed E-state index contributed by atoms with van der Waals surface area (Å²) >= 11 is 0. The highest BCUT2D eigenvalue weighted by molar-refractivity contribution is 5.33. The molecular formula is C13H19N. The Balaban J connectivity index is 2.38. The van der Waals surface area contributed by atoms with Crippen molar-refractivity contribution in [2.24, 2.45) is 0 Å². The number of fused-ring (bicyclic) bond motifs is 1. The second kappa shape index (κ2) is 4.12. The molecule has 1 aromatic rings. The lowest BCUT2D eigenvalue weighted by atomic mass is 10.0. The van der Waals surface area contributed by atoms with Gasteiger partial charge in [-0.2, -0.15) is 0 Å². The number of aryl methyl sites for hydroxylation is 4. The fourth-order valence-corrected chi connectivity index (χ4v) is 2.32. The summed E-state index contributed by atoms with van der Waals surface area (Å²) in [5, 5.41) is 0. The van der Waals surface area contributed by atoms with Crippen molar-refractivity contribution in [1.82, 2.24) is 4.98 Å². The molecule has 0 saturated carbocycles. The number of rotatable bonds is 3. The first kappa shape index (κ1) is 9.70. The first-order chi connectivity index (χ1) is 6.85. The maximum atomic E-state index is 4.81. The Labute approximate surface area is 86.6 Å². The standard InChI is InChI=1S/C13H19N/c1-3-6-12-10(4-2)9-11-7-5-8-13(11)14-12/h9H,3-8H2,1-2H3. The van der Waals surface area contributed by atoms with Crippen LogP contribution in [0.5, 0.6) is 0 Å². The van der Waals surface area contributed by atoms with Crippen molar-refractivity contribution in [3.63, 3.8) is 0 Å². The normalized spacial score (nSPS) is 14.4. The van der Waals surface area contributed by atoms with Gasteiger partial charge in [-0.25, -0.2) is 0 Å². The Hall–Kier alpha value is -0.850. The van der Waals surface area contributed by atoms with E-state index < -0.39 is 0 Å². The topological polar surface area (TPSA) is 12.9 Å². The van der Waals surface area contributed by atoms with Crippen LogP contribution in [0.2, 0.25) is 0 Å². The summed E-state index contributed by atoms with van der Waals surface area (Å²) in [6.07, 6.45) is 7.25. The van der Waals surface area contributed by atoms with E-state index in [1.807, 2.05) is 0 Å². The lowest BCUT2D eigenvalue weighted by Crippen LogP contribution is -2.01. The van der Waals surface area contributed by atoms with E-state index in [0.29, 0.717) is 0 Å². The number of hydrogen-bond acceptors (Lipinski definition) is 1. The van der Waals surface area contributed by atoms with E-state index >= 15 is 0 Å². The fraction of sp³-hybridized carbons (Fsp3) is 0.615. The molecule has 0 spiro atoms. The van der Waals surface area contributed by atoms with Gasteiger partial charge in [0.1, 0.15) is 0 Å². The van der Waals surface area contributed by atoms with Gasteiger partial charge in [0.15, 0.2) is 0 Å². The number of hydrogen-bond donors (Lipinski definition) is 0. The van der Waals surface area contributed by atoms with E-state index in [0.717, 1.165) is 12.8 Å². The van der Waals surface area contributed by atoms with Crippen LogP contribution < -0.4 is 0 Å². The van der Waals surface area contributed by atoms with Gasteiger partial charge in [-0.05, 0) is 43.2 Å². The summed E-state index contributed by atoms with van der Waals surface area (Å²) in [7, 11) is 0. The third kappa shape index (κ3) is 1.68. The summed E-state index contributed by atoms with van der Waals surface area (Å²) in [6.45, 7) is 4.46. The van der Waals surface area contributed by atoms with Gasteiger partial charge in [0, 0.05) is 11.4 Å². The van der Waals surface area contributed by atoms with Gasteiger partial charge in [-0.1, -0.05) is 26.3 Å². The Bertz CT molecular complexity index is 328. The highest BCUT2D eigenvalue weighted by Gasteiger charge is 2.14. The summed E-state index contributed by atoms with van der Waals surface area (Å²) < 4.78 is 0. The van der Waals surface area contributed by atoms with Crippen LogP contribution in [-0.4, -0.2) is 4.98 Å². The van der Waals surface area contributed by atoms with Crippen LogP contribution in [0.1, 0.15) is 49.2 Å². The molecule has 0 atom stereocenters. The van der Waals surface area contributed by atoms with Gasteiger partial charge in [-0.3, -0.25) is 4.98 Å². The predicted octanol–water partition coefficient (Wildman–Crippen LogP) is 3.09. The van der Waals surface area contributed by atoms with Crippen molar-refractivity contribution in [3.8, 4) is 0 Å². The van der Waals surface area contributed by atoms with Crippen LogP contribution >= 0.6 is 0 Å². The van der Waals surface area contributed by atoms with Gasteiger partial charge < -0.3 is 0 Å². The van der Waals surface area contributed by atoms with Gasteiger partial charge >= 0.3 is 0 Å². The molecule has 0 radical (unpaired) electrons. The average molecular weight is 189 g/mol. The molecule has 1 heteroatoms. The van der Waals surface area contributed by atoms with Gasteiger partial charge in [0.05, 0.1) is 0 Å². The number of pyridine rings is 1. The zero-order valence-corrected chi connectivity index (χ0v) is 9.27. The molecule has 76 valence electrons. The van der Waals surface area contributed by atoms with Crippen LogP contribution in [0.15, 0.2) is 6.07 Å². The highest BCUT2D eigenvalue weighted by Crippen LogP contribution is 2.23. The quantitative estimate of drug-likeness (QED) is 0.712. The lowest BCUT2D eigenvalue weighted by Gasteiger charge is -2.09. The minimum absolute atomic E-state index is 1.13. The number of aromatic nitrogens is 1. The van der Waals surface area contributed by atoms with E-state index in [2.05, 4.69) is 19.9 Å². The second-order valence-electron chi connectivity index (χ2n) is 4.16. The Morgan fingerprint density at radius 1 is 1.29 bits per heavy atom. The van der Waals surface area contributed by atoms with Gasteiger partial charge in [0.25, 0.3) is 0 Å². The fourth-order valence-electron chi connectivity index (χ4n) is 2.32. The molecule has 0 bridgehead atoms. The molecule has 2 rings (SSSR count). The molecule has 1 aromatic heterocycles. The smallest absolute Gasteiger partial charge is 0.0439 e. The summed E-state index contributed by atoms with van der Waals surface area (Å²) in [4.78, 5) is 4.81. The minimum Gasteiger partial charge on any atom is -0.257 e. The van der Waals surface area contributed by atoms with Crippen molar-refractivity contribution in [1.29, 1.82) is 0 Å². The van der Waals surface area contributed by atoms with Crippen LogP contribution in [0, 0.1) is 0 Å². The molecule has 0 saturated heterocycles. The highest BCUT2D eigenvalue weighted by atomic mass is 14.7. The molecule has 14 heavy (non-hydrogen) atoms. The molecular weight excluding hydrogens is 170 g/mol. The van der Waals surface area contributed by atoms with Crippen molar-refractivity contribution in [3.05, 3.63) is 28.6 Å². The third-order valence-corrected chi connectivity index (χ3v) is 3.09. The molecule has 0 aliphatic heterocycles. The lowest BCUT2D eigenvalue weighted by molar-refractivity contribution is 0.837. The molecule has 0 fully saturated rings. The van der Waals surface area contributed by atoms with Gasteiger partial charge in [0.2, 0.25) is 0 Å². The molecule has 1 heterocycles. The molecule has 0 aromatic carbocycles. The van der Waals surface area contributed by atoms with Gasteiger partial charge in [-0.15, -0.1) is 0 Å². The van der Waals surface area contributed by atoms with Crippen molar-refractivity contribution in [2.45, 2.75) is 52.4 Å². The second-order valence-corrected chi connectivity index (χ2v) is 4.16. The Morgan fingerprint density at radius 2 is 2.14 bits per heavy atom. The summed E-state index contributed by atoms with van der Waals surface area (Å²) in [5.74, 6) is 0. The van der Waals surface area contributed by atoms with E-state index in [-0.39, 0.29) is 0 Å². The van der Waals surface area contributed by atoms with Crippen LogP contribution in [-0.2, 0) is 25.7 Å². The van der Waals surface area contributed by atoms with Crippen LogP contribution in [0.4, 0.5) is 0 Å². The molecule has 0 amide bonds. The maximum absolute atomic E-state index is 4.81. The summed E-state index contributed by atoms with van der Waals surface area (Å²) in [5.41, 5.74) is 5.73. The average Bonchev–Trinajstić information content (AvgIpc) is 2.64. The largest absolute Gasteiger partial charge is 0.257 e. The minimum atomic E-state index is 1.13. The predicted molar refractivity (Wildman–Crippen MR) is 59.6 cm³/mol. The van der Waals surface area contributed by atoms with Crippen molar-refractivity contribution >= 4 is 0 Å².